The summed E-state index contributed by atoms with van der Waals surface area (Å²) < 4.78 is 26.3. The maximum atomic E-state index is 12.5. The van der Waals surface area contributed by atoms with Crippen LogP contribution in [0.25, 0.3) is 5.69 Å². The predicted octanol–water partition coefficient (Wildman–Crippen LogP) is 2.37. The van der Waals surface area contributed by atoms with E-state index in [1.54, 1.807) is 25.1 Å². The van der Waals surface area contributed by atoms with Crippen LogP contribution in [0.4, 0.5) is 8.78 Å². The lowest BCUT2D eigenvalue weighted by atomic mass is 10.1. The second-order valence-corrected chi connectivity index (χ2v) is 3.87. The summed E-state index contributed by atoms with van der Waals surface area (Å²) >= 11 is 4.86. The highest BCUT2D eigenvalue weighted by Gasteiger charge is 2.14. The van der Waals surface area contributed by atoms with Gasteiger partial charge in [0.05, 0.1) is 17.3 Å². The molecule has 2 aromatic rings. The Labute approximate surface area is 106 Å². The van der Waals surface area contributed by atoms with Gasteiger partial charge in [-0.15, -0.1) is 0 Å². The van der Waals surface area contributed by atoms with E-state index in [0.717, 1.165) is 4.68 Å². The third-order valence-corrected chi connectivity index (χ3v) is 2.70. The maximum absolute atomic E-state index is 12.5. The van der Waals surface area contributed by atoms with E-state index in [4.69, 9.17) is 17.5 Å². The fourth-order valence-corrected chi connectivity index (χ4v) is 1.74. The van der Waals surface area contributed by atoms with Crippen LogP contribution in [0.3, 0.4) is 0 Å². The number of aromatic nitrogens is 4. The first-order valence-corrected chi connectivity index (χ1v) is 5.29. The topological polar surface area (TPSA) is 59.4 Å². The molecule has 0 N–H and O–H groups in total. The molecule has 0 aliphatic rings. The van der Waals surface area contributed by atoms with Crippen LogP contribution in [0.15, 0.2) is 18.2 Å². The highest BCUT2D eigenvalue weighted by molar-refractivity contribution is 7.71. The summed E-state index contributed by atoms with van der Waals surface area (Å²) in [6.07, 6.45) is 0. The van der Waals surface area contributed by atoms with E-state index in [2.05, 4.69) is 10.4 Å². The first-order chi connectivity index (χ1) is 8.54. The van der Waals surface area contributed by atoms with E-state index in [9.17, 15) is 8.78 Å². The van der Waals surface area contributed by atoms with E-state index < -0.39 is 6.55 Å². The van der Waals surface area contributed by atoms with Crippen LogP contribution in [0.5, 0.6) is 0 Å². The molecule has 0 bridgehead atoms. The minimum atomic E-state index is -2.83. The molecule has 0 saturated carbocycles. The SMILES string of the molecule is Cc1cc(C#N)ccc1-n1nnn(C(F)F)c1=S. The lowest BCUT2D eigenvalue weighted by molar-refractivity contribution is 0.0529. The summed E-state index contributed by atoms with van der Waals surface area (Å²) in [5.41, 5.74) is 1.70. The quantitative estimate of drug-likeness (QED) is 0.784. The average Bonchev–Trinajstić information content (AvgIpc) is 2.71. The van der Waals surface area contributed by atoms with Crippen molar-refractivity contribution in [3.05, 3.63) is 34.1 Å². The molecule has 0 spiro atoms. The van der Waals surface area contributed by atoms with Crippen LogP contribution in [0.1, 0.15) is 17.7 Å². The normalized spacial score (nSPS) is 10.6. The van der Waals surface area contributed by atoms with E-state index >= 15 is 0 Å². The average molecular weight is 267 g/mol. The molecule has 0 atom stereocenters. The number of halogens is 2. The van der Waals surface area contributed by atoms with Crippen molar-refractivity contribution in [1.29, 1.82) is 5.26 Å². The van der Waals surface area contributed by atoms with Gasteiger partial charge in [0.25, 0.3) is 0 Å². The summed E-state index contributed by atoms with van der Waals surface area (Å²) in [5.74, 6) is 0. The van der Waals surface area contributed by atoms with Crippen molar-refractivity contribution < 1.29 is 8.78 Å². The monoisotopic (exact) mass is 267 g/mol. The number of tetrazole rings is 1. The minimum Gasteiger partial charge on any atom is -0.192 e. The van der Waals surface area contributed by atoms with Crippen molar-refractivity contribution in [1.82, 2.24) is 19.8 Å². The number of hydrogen-bond donors (Lipinski definition) is 0. The molecule has 0 unspecified atom stereocenters. The molecule has 2 rings (SSSR count). The third-order valence-electron chi connectivity index (χ3n) is 2.34. The zero-order chi connectivity index (χ0) is 13.3. The third kappa shape index (κ3) is 2.00. The fourth-order valence-electron chi connectivity index (χ4n) is 1.49. The van der Waals surface area contributed by atoms with Gasteiger partial charge in [-0.25, -0.2) is 0 Å². The lowest BCUT2D eigenvalue weighted by Gasteiger charge is -2.04. The fraction of sp³-hybridized carbons (Fsp3) is 0.200. The number of benzene rings is 1. The van der Waals surface area contributed by atoms with Crippen molar-refractivity contribution in [2.24, 2.45) is 0 Å². The van der Waals surface area contributed by atoms with Gasteiger partial charge in [-0.1, -0.05) is 0 Å². The standard InChI is InChI=1S/C10H7F2N5S/c1-6-4-7(5-13)2-3-8(6)16-10(18)17(9(11)12)15-14-16/h2-4,9H,1H3. The van der Waals surface area contributed by atoms with Gasteiger partial charge in [0.15, 0.2) is 0 Å². The van der Waals surface area contributed by atoms with Crippen LogP contribution < -0.4 is 0 Å². The molecular formula is C10H7F2N5S. The van der Waals surface area contributed by atoms with Crippen LogP contribution >= 0.6 is 12.2 Å². The summed E-state index contributed by atoms with van der Waals surface area (Å²) in [7, 11) is 0. The molecule has 0 saturated heterocycles. The molecular weight excluding hydrogens is 260 g/mol. The summed E-state index contributed by atoms with van der Waals surface area (Å²) in [5, 5.41) is 15.6. The highest BCUT2D eigenvalue weighted by Crippen LogP contribution is 2.16. The molecule has 18 heavy (non-hydrogen) atoms. The Morgan fingerprint density at radius 3 is 2.61 bits per heavy atom. The first kappa shape index (κ1) is 12.3. The Bertz CT molecular complexity index is 682. The Hall–Kier alpha value is -2.14. The van der Waals surface area contributed by atoms with Crippen molar-refractivity contribution in [2.75, 3.05) is 0 Å². The van der Waals surface area contributed by atoms with Gasteiger partial charge in [0.1, 0.15) is 0 Å². The molecule has 0 radical (unpaired) electrons. The number of aryl methyl sites for hydroxylation is 1. The number of hydrogen-bond acceptors (Lipinski definition) is 4. The zero-order valence-corrected chi connectivity index (χ0v) is 10.0. The van der Waals surface area contributed by atoms with E-state index in [-0.39, 0.29) is 4.77 Å². The van der Waals surface area contributed by atoms with Crippen molar-refractivity contribution in [3.63, 3.8) is 0 Å². The number of nitrogens with zero attached hydrogens (tertiary/aromatic N) is 5. The van der Waals surface area contributed by atoms with Crippen molar-refractivity contribution in [3.8, 4) is 11.8 Å². The van der Waals surface area contributed by atoms with Gasteiger partial charge < -0.3 is 0 Å². The number of alkyl halides is 2. The van der Waals surface area contributed by atoms with Gasteiger partial charge in [-0.05, 0) is 53.3 Å². The minimum absolute atomic E-state index is 0.196. The van der Waals surface area contributed by atoms with Gasteiger partial charge in [-0.2, -0.15) is 23.4 Å². The first-order valence-electron chi connectivity index (χ1n) is 4.88. The molecule has 1 heterocycles. The van der Waals surface area contributed by atoms with Crippen LogP contribution in [0, 0.1) is 23.0 Å². The smallest absolute Gasteiger partial charge is 0.192 e. The van der Waals surface area contributed by atoms with Crippen molar-refractivity contribution >= 4 is 12.2 Å². The molecule has 0 aliphatic carbocycles. The Morgan fingerprint density at radius 1 is 1.39 bits per heavy atom. The van der Waals surface area contributed by atoms with Crippen LogP contribution in [-0.4, -0.2) is 19.8 Å². The molecule has 0 amide bonds. The molecule has 5 nitrogen and oxygen atoms in total. The summed E-state index contributed by atoms with van der Waals surface area (Å²) in [6.45, 7) is -1.09. The van der Waals surface area contributed by atoms with E-state index in [1.807, 2.05) is 6.07 Å². The molecule has 0 aliphatic heterocycles. The molecule has 8 heteroatoms. The summed E-state index contributed by atoms with van der Waals surface area (Å²) in [6, 6.07) is 6.76. The van der Waals surface area contributed by atoms with Gasteiger partial charge >= 0.3 is 6.55 Å². The van der Waals surface area contributed by atoms with E-state index in [1.165, 1.54) is 0 Å². The number of nitriles is 1. The van der Waals surface area contributed by atoms with Crippen LogP contribution in [0.2, 0.25) is 0 Å². The Morgan fingerprint density at radius 2 is 2.11 bits per heavy atom. The highest BCUT2D eigenvalue weighted by atomic mass is 32.1. The number of rotatable bonds is 2. The maximum Gasteiger partial charge on any atom is 0.337 e. The molecule has 92 valence electrons. The Kier molecular flexibility index (Phi) is 3.16. The van der Waals surface area contributed by atoms with Gasteiger partial charge in [-0.3, -0.25) is 0 Å². The van der Waals surface area contributed by atoms with Crippen molar-refractivity contribution in [2.45, 2.75) is 13.5 Å². The predicted molar refractivity (Wildman–Crippen MR) is 60.9 cm³/mol. The Balaban J connectivity index is 2.57. The van der Waals surface area contributed by atoms with Gasteiger partial charge in [0.2, 0.25) is 4.77 Å². The van der Waals surface area contributed by atoms with Crippen LogP contribution in [-0.2, 0) is 0 Å². The zero-order valence-electron chi connectivity index (χ0n) is 9.21. The van der Waals surface area contributed by atoms with E-state index in [0.29, 0.717) is 21.5 Å². The summed E-state index contributed by atoms with van der Waals surface area (Å²) in [4.78, 5) is 0. The molecule has 0 fully saturated rings. The molecule has 1 aromatic carbocycles. The van der Waals surface area contributed by atoms with Gasteiger partial charge in [0, 0.05) is 0 Å². The largest absolute Gasteiger partial charge is 0.337 e. The molecule has 1 aromatic heterocycles. The second kappa shape index (κ2) is 4.62. The second-order valence-electron chi connectivity index (χ2n) is 3.51. The lowest BCUT2D eigenvalue weighted by Crippen LogP contribution is -2.03.